The van der Waals surface area contributed by atoms with Crippen molar-refractivity contribution in [2.75, 3.05) is 0 Å². The second-order valence-electron chi connectivity index (χ2n) is 8.70. The van der Waals surface area contributed by atoms with Crippen molar-refractivity contribution in [1.29, 1.82) is 0 Å². The smallest absolute Gasteiger partial charge is 0.338 e. The average molecular weight is 467 g/mol. The summed E-state index contributed by atoms with van der Waals surface area (Å²) in [5, 5.41) is 0.515. The second-order valence-corrected chi connectivity index (χ2v) is 9.14. The van der Waals surface area contributed by atoms with Crippen LogP contribution in [-0.4, -0.2) is 15.9 Å². The number of carbonyl (C=O) groups is 1. The van der Waals surface area contributed by atoms with E-state index in [9.17, 15) is 4.79 Å². The number of aromatic nitrogens is 2. The average Bonchev–Trinajstić information content (AvgIpc) is 2.81. The number of aryl methyl sites for hydroxylation is 1. The summed E-state index contributed by atoms with van der Waals surface area (Å²) in [4.78, 5) is 22.4. The molecule has 0 aliphatic carbocycles. The number of fused-ring (bicyclic) bond motifs is 1. The van der Waals surface area contributed by atoms with Crippen molar-refractivity contribution in [2.45, 2.75) is 84.2 Å². The number of benzene rings is 2. The van der Waals surface area contributed by atoms with Gasteiger partial charge in [0, 0.05) is 5.02 Å². The largest absolute Gasteiger partial charge is 0.452 e. The molecular formula is C28H35ClN2O2. The second kappa shape index (κ2) is 13.3. The molecule has 2 aromatic carbocycles. The maximum atomic E-state index is 12.9. The van der Waals surface area contributed by atoms with Crippen molar-refractivity contribution < 1.29 is 9.53 Å². The summed E-state index contributed by atoms with van der Waals surface area (Å²) < 4.78 is 5.98. The van der Waals surface area contributed by atoms with Crippen LogP contribution >= 0.6 is 11.6 Å². The Labute approximate surface area is 202 Å². The Balaban J connectivity index is 1.66. The minimum absolute atomic E-state index is 0.382. The molecule has 5 heteroatoms. The highest BCUT2D eigenvalue weighted by atomic mass is 35.5. The first-order valence-electron chi connectivity index (χ1n) is 12.3. The summed E-state index contributed by atoms with van der Waals surface area (Å²) in [6, 6.07) is 14.7. The molecule has 3 rings (SSSR count). The molecule has 1 unspecified atom stereocenters. The predicted octanol–water partition coefficient (Wildman–Crippen LogP) is 8.41. The third kappa shape index (κ3) is 7.82. The minimum Gasteiger partial charge on any atom is -0.452 e. The molecule has 1 heterocycles. The molecule has 0 aliphatic rings. The van der Waals surface area contributed by atoms with Crippen LogP contribution in [-0.2, 0) is 4.74 Å². The van der Waals surface area contributed by atoms with Crippen LogP contribution in [0.5, 0.6) is 0 Å². The molecule has 0 radical (unpaired) electrons. The number of ether oxygens (including phenoxy) is 1. The quantitative estimate of drug-likeness (QED) is 0.187. The van der Waals surface area contributed by atoms with Crippen LogP contribution < -0.4 is 0 Å². The highest BCUT2D eigenvalue weighted by Gasteiger charge is 2.22. The van der Waals surface area contributed by atoms with E-state index >= 15 is 0 Å². The molecule has 0 saturated carbocycles. The Bertz CT molecular complexity index is 1040. The summed E-state index contributed by atoms with van der Waals surface area (Å²) in [5.74, 6) is -0.382. The molecular weight excluding hydrogens is 432 g/mol. The van der Waals surface area contributed by atoms with Gasteiger partial charge in [0.25, 0.3) is 0 Å². The van der Waals surface area contributed by atoms with Crippen LogP contribution in [0.2, 0.25) is 5.02 Å². The first-order valence-corrected chi connectivity index (χ1v) is 12.7. The van der Waals surface area contributed by atoms with Gasteiger partial charge >= 0.3 is 5.97 Å². The van der Waals surface area contributed by atoms with Crippen molar-refractivity contribution in [1.82, 2.24) is 9.97 Å². The Kier molecular flexibility index (Phi) is 10.1. The monoisotopic (exact) mass is 466 g/mol. The summed E-state index contributed by atoms with van der Waals surface area (Å²) >= 11 is 6.07. The van der Waals surface area contributed by atoms with Gasteiger partial charge in [0.05, 0.1) is 22.3 Å². The number of esters is 1. The normalized spacial score (nSPS) is 12.1. The van der Waals surface area contributed by atoms with E-state index in [0.29, 0.717) is 10.6 Å². The maximum Gasteiger partial charge on any atom is 0.338 e. The first kappa shape index (κ1) is 25.2. The SMILES string of the molecule is CCCCCCCCCCCC(OC(=O)c1cccc(Cl)c1)c1nc2ccccc2nc1C. The van der Waals surface area contributed by atoms with Crippen molar-refractivity contribution in [3.63, 3.8) is 0 Å². The van der Waals surface area contributed by atoms with E-state index in [1.807, 2.05) is 31.2 Å². The Morgan fingerprint density at radius 1 is 0.879 bits per heavy atom. The number of nitrogens with zero attached hydrogens (tertiary/aromatic N) is 2. The van der Waals surface area contributed by atoms with Crippen LogP contribution in [0.25, 0.3) is 11.0 Å². The van der Waals surface area contributed by atoms with Gasteiger partial charge in [-0.15, -0.1) is 0 Å². The van der Waals surface area contributed by atoms with Crippen LogP contribution in [0.15, 0.2) is 48.5 Å². The molecule has 33 heavy (non-hydrogen) atoms. The molecule has 0 fully saturated rings. The zero-order valence-electron chi connectivity index (χ0n) is 19.9. The van der Waals surface area contributed by atoms with Gasteiger partial charge in [0.2, 0.25) is 0 Å². The van der Waals surface area contributed by atoms with Crippen molar-refractivity contribution in [2.24, 2.45) is 0 Å². The number of rotatable bonds is 13. The predicted molar refractivity (Wildman–Crippen MR) is 136 cm³/mol. The number of carbonyl (C=O) groups excluding carboxylic acids is 1. The lowest BCUT2D eigenvalue weighted by Crippen LogP contribution is -2.15. The standard InChI is InChI=1S/C28H35ClN2O2/c1-3-4-5-6-7-8-9-10-11-19-26(33-28(32)22-15-14-16-23(29)20-22)27-21(2)30-24-17-12-13-18-25(24)31-27/h12-18,20,26H,3-11,19H2,1-2H3. The van der Waals surface area contributed by atoms with E-state index in [1.54, 1.807) is 24.3 Å². The minimum atomic E-state index is -0.432. The van der Waals surface area contributed by atoms with E-state index in [0.717, 1.165) is 41.7 Å². The van der Waals surface area contributed by atoms with Gasteiger partial charge in [-0.1, -0.05) is 88.1 Å². The van der Waals surface area contributed by atoms with E-state index < -0.39 is 6.10 Å². The van der Waals surface area contributed by atoms with Gasteiger partial charge < -0.3 is 4.74 Å². The van der Waals surface area contributed by atoms with Gasteiger partial charge in [-0.05, 0) is 50.1 Å². The zero-order chi connectivity index (χ0) is 23.5. The van der Waals surface area contributed by atoms with Gasteiger partial charge in [-0.25, -0.2) is 14.8 Å². The van der Waals surface area contributed by atoms with Gasteiger partial charge in [0.1, 0.15) is 11.8 Å². The summed E-state index contributed by atoms with van der Waals surface area (Å²) in [6.07, 6.45) is 11.5. The third-order valence-electron chi connectivity index (χ3n) is 5.97. The Hall–Kier alpha value is -2.46. The molecule has 0 aliphatic heterocycles. The summed E-state index contributed by atoms with van der Waals surface area (Å²) in [5.41, 5.74) is 3.65. The maximum absolute atomic E-state index is 12.9. The molecule has 0 spiro atoms. The fraction of sp³-hybridized carbons (Fsp3) is 0.464. The highest BCUT2D eigenvalue weighted by Crippen LogP contribution is 2.28. The lowest BCUT2D eigenvalue weighted by atomic mass is 10.0. The molecule has 3 aromatic rings. The summed E-state index contributed by atoms with van der Waals surface area (Å²) in [6.45, 7) is 4.18. The van der Waals surface area contributed by atoms with Crippen molar-refractivity contribution in [3.8, 4) is 0 Å². The van der Waals surface area contributed by atoms with Gasteiger partial charge in [0.15, 0.2) is 0 Å². The van der Waals surface area contributed by atoms with E-state index in [1.165, 1.54) is 44.9 Å². The fourth-order valence-corrected chi connectivity index (χ4v) is 4.30. The molecule has 176 valence electrons. The number of hydrogen-bond donors (Lipinski definition) is 0. The third-order valence-corrected chi connectivity index (χ3v) is 6.20. The number of hydrogen-bond acceptors (Lipinski definition) is 4. The lowest BCUT2D eigenvalue weighted by molar-refractivity contribution is 0.0258. The lowest BCUT2D eigenvalue weighted by Gasteiger charge is -2.19. The van der Waals surface area contributed by atoms with E-state index in [4.69, 9.17) is 26.3 Å². The van der Waals surface area contributed by atoms with E-state index in [-0.39, 0.29) is 5.97 Å². The Morgan fingerprint density at radius 2 is 1.52 bits per heavy atom. The number of halogens is 1. The Morgan fingerprint density at radius 3 is 2.18 bits per heavy atom. The molecule has 1 atom stereocenters. The van der Waals surface area contributed by atoms with Gasteiger partial charge in [-0.2, -0.15) is 0 Å². The van der Waals surface area contributed by atoms with Crippen LogP contribution in [0, 0.1) is 6.92 Å². The fourth-order valence-electron chi connectivity index (χ4n) is 4.11. The molecule has 1 aromatic heterocycles. The number of unbranched alkanes of at least 4 members (excludes halogenated alkanes) is 8. The summed E-state index contributed by atoms with van der Waals surface area (Å²) in [7, 11) is 0. The van der Waals surface area contributed by atoms with Crippen LogP contribution in [0.4, 0.5) is 0 Å². The first-order chi connectivity index (χ1) is 16.1. The molecule has 0 N–H and O–H groups in total. The molecule has 4 nitrogen and oxygen atoms in total. The molecule has 0 amide bonds. The number of para-hydroxylation sites is 2. The zero-order valence-corrected chi connectivity index (χ0v) is 20.6. The van der Waals surface area contributed by atoms with E-state index in [2.05, 4.69) is 6.92 Å². The van der Waals surface area contributed by atoms with Crippen LogP contribution in [0.1, 0.15) is 99.0 Å². The highest BCUT2D eigenvalue weighted by molar-refractivity contribution is 6.30. The molecule has 0 saturated heterocycles. The van der Waals surface area contributed by atoms with Crippen LogP contribution in [0.3, 0.4) is 0 Å². The molecule has 0 bridgehead atoms. The van der Waals surface area contributed by atoms with Gasteiger partial charge in [-0.3, -0.25) is 0 Å². The topological polar surface area (TPSA) is 52.1 Å². The van der Waals surface area contributed by atoms with Crippen molar-refractivity contribution in [3.05, 3.63) is 70.5 Å². The van der Waals surface area contributed by atoms with Crippen molar-refractivity contribution >= 4 is 28.6 Å².